The lowest BCUT2D eigenvalue weighted by Crippen LogP contribution is -2.36. The van der Waals surface area contributed by atoms with Gasteiger partial charge in [-0.25, -0.2) is 0 Å². The molecule has 4 nitrogen and oxygen atoms in total. The predicted octanol–water partition coefficient (Wildman–Crippen LogP) is 1.70. The van der Waals surface area contributed by atoms with E-state index in [0.29, 0.717) is 5.56 Å². The van der Waals surface area contributed by atoms with Crippen LogP contribution in [0.4, 0.5) is 0 Å². The molecular weight excluding hydrogens is 216 g/mol. The molecule has 1 aliphatic heterocycles. The molecule has 1 aromatic rings. The number of aryl methyl sites for hydroxylation is 1. The SMILES string of the molecule is Cc1cc[nH]c(=O)c1C(=O)N1CCCCCC1. The zero-order valence-corrected chi connectivity index (χ0v) is 10.2. The van der Waals surface area contributed by atoms with Crippen molar-refractivity contribution in [3.8, 4) is 0 Å². The summed E-state index contributed by atoms with van der Waals surface area (Å²) in [5.74, 6) is -0.119. The lowest BCUT2D eigenvalue weighted by atomic mass is 10.1. The molecule has 0 radical (unpaired) electrons. The summed E-state index contributed by atoms with van der Waals surface area (Å²) < 4.78 is 0. The van der Waals surface area contributed by atoms with Gasteiger partial charge in [-0.15, -0.1) is 0 Å². The molecule has 1 aromatic heterocycles. The zero-order valence-electron chi connectivity index (χ0n) is 10.2. The maximum Gasteiger partial charge on any atom is 0.261 e. The van der Waals surface area contributed by atoms with Crippen LogP contribution in [0.5, 0.6) is 0 Å². The lowest BCUT2D eigenvalue weighted by Gasteiger charge is -2.20. The Labute approximate surface area is 101 Å². The molecule has 1 aliphatic rings. The van der Waals surface area contributed by atoms with Gasteiger partial charge < -0.3 is 9.88 Å². The first kappa shape index (κ1) is 11.9. The van der Waals surface area contributed by atoms with Gasteiger partial charge in [-0.1, -0.05) is 12.8 Å². The normalized spacial score (nSPS) is 16.6. The molecule has 2 heterocycles. The third kappa shape index (κ3) is 2.57. The van der Waals surface area contributed by atoms with Crippen molar-refractivity contribution in [2.24, 2.45) is 0 Å². The number of aromatic nitrogens is 1. The van der Waals surface area contributed by atoms with Crippen molar-refractivity contribution in [1.82, 2.24) is 9.88 Å². The molecule has 2 rings (SSSR count). The molecule has 0 bridgehead atoms. The fourth-order valence-corrected chi connectivity index (χ4v) is 2.27. The van der Waals surface area contributed by atoms with Crippen molar-refractivity contribution in [3.05, 3.63) is 33.7 Å². The summed E-state index contributed by atoms with van der Waals surface area (Å²) in [6.07, 6.45) is 6.00. The Morgan fingerprint density at radius 2 is 1.88 bits per heavy atom. The quantitative estimate of drug-likeness (QED) is 0.804. The Bertz CT molecular complexity index is 457. The molecular formula is C13H18N2O2. The Morgan fingerprint density at radius 3 is 2.47 bits per heavy atom. The van der Waals surface area contributed by atoms with Crippen LogP contribution in [-0.2, 0) is 0 Å². The first-order valence-corrected chi connectivity index (χ1v) is 6.17. The second-order valence-corrected chi connectivity index (χ2v) is 4.57. The molecule has 1 fully saturated rings. The molecule has 4 heteroatoms. The van der Waals surface area contributed by atoms with Crippen molar-refractivity contribution in [1.29, 1.82) is 0 Å². The van der Waals surface area contributed by atoms with E-state index in [1.54, 1.807) is 19.2 Å². The van der Waals surface area contributed by atoms with E-state index >= 15 is 0 Å². The van der Waals surface area contributed by atoms with E-state index in [0.717, 1.165) is 31.5 Å². The minimum absolute atomic E-state index is 0.119. The van der Waals surface area contributed by atoms with Crippen molar-refractivity contribution in [2.45, 2.75) is 32.6 Å². The van der Waals surface area contributed by atoms with Crippen molar-refractivity contribution in [2.75, 3.05) is 13.1 Å². The van der Waals surface area contributed by atoms with Gasteiger partial charge in [0.2, 0.25) is 0 Å². The first-order chi connectivity index (χ1) is 8.20. The molecule has 1 amide bonds. The topological polar surface area (TPSA) is 53.2 Å². The number of aromatic amines is 1. The van der Waals surface area contributed by atoms with Crippen LogP contribution >= 0.6 is 0 Å². The summed E-state index contributed by atoms with van der Waals surface area (Å²) in [4.78, 5) is 28.4. The summed E-state index contributed by atoms with van der Waals surface area (Å²) in [5, 5.41) is 0. The predicted molar refractivity (Wildman–Crippen MR) is 66.2 cm³/mol. The summed E-state index contributed by atoms with van der Waals surface area (Å²) in [6.45, 7) is 3.35. The Kier molecular flexibility index (Phi) is 3.61. The van der Waals surface area contributed by atoms with Crippen LogP contribution in [-0.4, -0.2) is 28.9 Å². The minimum atomic E-state index is -0.278. The highest BCUT2D eigenvalue weighted by Crippen LogP contribution is 2.13. The molecule has 0 aliphatic carbocycles. The highest BCUT2D eigenvalue weighted by molar-refractivity contribution is 5.95. The number of carbonyl (C=O) groups excluding carboxylic acids is 1. The van der Waals surface area contributed by atoms with Gasteiger partial charge in [0, 0.05) is 19.3 Å². The summed E-state index contributed by atoms with van der Waals surface area (Å²) in [6, 6.07) is 1.77. The van der Waals surface area contributed by atoms with Crippen LogP contribution in [0.3, 0.4) is 0 Å². The summed E-state index contributed by atoms with van der Waals surface area (Å²) in [5.41, 5.74) is 0.775. The fourth-order valence-electron chi connectivity index (χ4n) is 2.27. The second kappa shape index (κ2) is 5.17. The molecule has 0 saturated carbocycles. The molecule has 0 aromatic carbocycles. The maximum absolute atomic E-state index is 12.3. The second-order valence-electron chi connectivity index (χ2n) is 4.57. The largest absolute Gasteiger partial charge is 0.338 e. The summed E-state index contributed by atoms with van der Waals surface area (Å²) >= 11 is 0. The molecule has 0 spiro atoms. The van der Waals surface area contributed by atoms with Gasteiger partial charge in [0.15, 0.2) is 0 Å². The standard InChI is InChI=1S/C13H18N2O2/c1-10-6-7-14-12(16)11(10)13(17)15-8-4-2-3-5-9-15/h6-7H,2-5,8-9H2,1H3,(H,14,16). The lowest BCUT2D eigenvalue weighted by molar-refractivity contribution is 0.0759. The number of pyridine rings is 1. The number of nitrogens with one attached hydrogen (secondary N) is 1. The number of hydrogen-bond acceptors (Lipinski definition) is 2. The van der Waals surface area contributed by atoms with Gasteiger partial charge in [-0.05, 0) is 31.4 Å². The number of rotatable bonds is 1. The Hall–Kier alpha value is -1.58. The fraction of sp³-hybridized carbons (Fsp3) is 0.538. The van der Waals surface area contributed by atoms with Gasteiger partial charge in [-0.3, -0.25) is 9.59 Å². The number of nitrogens with zero attached hydrogens (tertiary/aromatic N) is 1. The van der Waals surface area contributed by atoms with Crippen molar-refractivity contribution < 1.29 is 4.79 Å². The monoisotopic (exact) mass is 234 g/mol. The van der Waals surface area contributed by atoms with E-state index in [2.05, 4.69) is 4.98 Å². The van der Waals surface area contributed by atoms with Crippen molar-refractivity contribution in [3.63, 3.8) is 0 Å². The molecule has 1 N–H and O–H groups in total. The third-order valence-electron chi connectivity index (χ3n) is 3.28. The maximum atomic E-state index is 12.3. The van der Waals surface area contributed by atoms with Crippen LogP contribution in [0.25, 0.3) is 0 Å². The van der Waals surface area contributed by atoms with Crippen LogP contribution in [0.15, 0.2) is 17.1 Å². The third-order valence-corrected chi connectivity index (χ3v) is 3.28. The number of carbonyl (C=O) groups is 1. The molecule has 17 heavy (non-hydrogen) atoms. The van der Waals surface area contributed by atoms with Gasteiger partial charge in [0.25, 0.3) is 11.5 Å². The van der Waals surface area contributed by atoms with Crippen LogP contribution in [0, 0.1) is 6.92 Å². The molecule has 0 unspecified atom stereocenters. The molecule has 1 saturated heterocycles. The number of hydrogen-bond donors (Lipinski definition) is 1. The average molecular weight is 234 g/mol. The highest BCUT2D eigenvalue weighted by Gasteiger charge is 2.21. The van der Waals surface area contributed by atoms with Gasteiger partial charge in [-0.2, -0.15) is 0 Å². The van der Waals surface area contributed by atoms with Gasteiger partial charge in [0.05, 0.1) is 0 Å². The van der Waals surface area contributed by atoms with Crippen LogP contribution in [0.2, 0.25) is 0 Å². The van der Waals surface area contributed by atoms with E-state index in [4.69, 9.17) is 0 Å². The number of likely N-dealkylation sites (tertiary alicyclic amines) is 1. The molecule has 92 valence electrons. The Morgan fingerprint density at radius 1 is 1.24 bits per heavy atom. The van der Waals surface area contributed by atoms with E-state index in [1.807, 2.05) is 4.90 Å². The smallest absolute Gasteiger partial charge is 0.261 e. The van der Waals surface area contributed by atoms with E-state index in [1.165, 1.54) is 12.8 Å². The van der Waals surface area contributed by atoms with E-state index in [9.17, 15) is 9.59 Å². The average Bonchev–Trinajstić information content (AvgIpc) is 2.57. The van der Waals surface area contributed by atoms with Gasteiger partial charge >= 0.3 is 0 Å². The highest BCUT2D eigenvalue weighted by atomic mass is 16.2. The minimum Gasteiger partial charge on any atom is -0.338 e. The Balaban J connectivity index is 2.27. The van der Waals surface area contributed by atoms with Gasteiger partial charge in [0.1, 0.15) is 5.56 Å². The first-order valence-electron chi connectivity index (χ1n) is 6.17. The number of amides is 1. The summed E-state index contributed by atoms with van der Waals surface area (Å²) in [7, 11) is 0. The zero-order chi connectivity index (χ0) is 12.3. The van der Waals surface area contributed by atoms with Crippen LogP contribution < -0.4 is 5.56 Å². The van der Waals surface area contributed by atoms with Crippen LogP contribution in [0.1, 0.15) is 41.6 Å². The van der Waals surface area contributed by atoms with Crippen molar-refractivity contribution >= 4 is 5.91 Å². The van der Waals surface area contributed by atoms with E-state index < -0.39 is 0 Å². The number of H-pyrrole nitrogens is 1. The molecule has 0 atom stereocenters. The van der Waals surface area contributed by atoms with E-state index in [-0.39, 0.29) is 11.5 Å².